The number of aliphatic hydroxyl groups excluding tert-OH is 3. The van der Waals surface area contributed by atoms with Crippen molar-refractivity contribution in [1.82, 2.24) is 0 Å². The Morgan fingerprint density at radius 2 is 1.95 bits per heavy atom. The number of anilines is 1. The van der Waals surface area contributed by atoms with Gasteiger partial charge in [-0.2, -0.15) is 0 Å². The first-order valence-corrected chi connectivity index (χ1v) is 6.59. The van der Waals surface area contributed by atoms with Gasteiger partial charge in [0.05, 0.1) is 11.0 Å². The Balaban J connectivity index is 2.18. The Morgan fingerprint density at radius 1 is 1.29 bits per heavy atom. The highest BCUT2D eigenvalue weighted by Gasteiger charge is 2.41. The number of hydrogen-bond acceptors (Lipinski definition) is 7. The van der Waals surface area contributed by atoms with Crippen molar-refractivity contribution in [2.24, 2.45) is 0 Å². The predicted octanol–water partition coefficient (Wildman–Crippen LogP) is 0.488. The Labute approximate surface area is 125 Å². The number of benzene rings is 1. The zero-order valence-corrected chi connectivity index (χ0v) is 11.8. The molecule has 0 saturated carbocycles. The Kier molecular flexibility index (Phi) is 4.64. The second-order valence-corrected chi connectivity index (χ2v) is 5.21. The zero-order chi connectivity index (χ0) is 15.7. The number of nitro groups is 1. The van der Waals surface area contributed by atoms with Crippen LogP contribution in [-0.2, 0) is 4.74 Å². The van der Waals surface area contributed by atoms with Gasteiger partial charge >= 0.3 is 0 Å². The molecule has 0 unspecified atom stereocenters. The first-order valence-electron chi connectivity index (χ1n) is 6.21. The summed E-state index contributed by atoms with van der Waals surface area (Å²) in [5.74, 6) is 0. The van der Waals surface area contributed by atoms with Crippen LogP contribution in [0.5, 0.6) is 0 Å². The zero-order valence-electron chi connectivity index (χ0n) is 11.0. The molecule has 116 valence electrons. The summed E-state index contributed by atoms with van der Waals surface area (Å²) in [5, 5.41) is 42.7. The number of nitro benzene ring substituents is 1. The average Bonchev–Trinajstić information content (AvgIpc) is 2.44. The summed E-state index contributed by atoms with van der Waals surface area (Å²) >= 11 is 5.70. The molecule has 1 aromatic carbocycles. The van der Waals surface area contributed by atoms with Crippen LogP contribution in [0.15, 0.2) is 18.2 Å². The van der Waals surface area contributed by atoms with Crippen LogP contribution in [0.1, 0.15) is 6.92 Å². The summed E-state index contributed by atoms with van der Waals surface area (Å²) in [6, 6.07) is 4.01. The molecule has 9 heteroatoms. The second kappa shape index (κ2) is 6.12. The fourth-order valence-electron chi connectivity index (χ4n) is 2.08. The van der Waals surface area contributed by atoms with Gasteiger partial charge in [-0.3, -0.25) is 10.1 Å². The lowest BCUT2D eigenvalue weighted by Crippen LogP contribution is -2.58. The number of halogens is 1. The molecule has 1 aliphatic rings. The maximum Gasteiger partial charge on any atom is 0.289 e. The fraction of sp³-hybridized carbons (Fsp3) is 0.500. The molecule has 5 atom stereocenters. The molecule has 1 saturated heterocycles. The number of ether oxygens (including phenoxy) is 1. The summed E-state index contributed by atoms with van der Waals surface area (Å²) in [6.07, 6.45) is -5.69. The summed E-state index contributed by atoms with van der Waals surface area (Å²) in [7, 11) is 0. The monoisotopic (exact) mass is 318 g/mol. The van der Waals surface area contributed by atoms with Crippen LogP contribution in [0, 0.1) is 10.1 Å². The minimum absolute atomic E-state index is 0.0144. The van der Waals surface area contributed by atoms with Crippen molar-refractivity contribution in [1.29, 1.82) is 0 Å². The number of nitrogens with one attached hydrogen (secondary N) is 1. The average molecular weight is 319 g/mol. The maximum absolute atomic E-state index is 10.8. The smallest absolute Gasteiger partial charge is 0.289 e. The highest BCUT2D eigenvalue weighted by molar-refractivity contribution is 6.32. The van der Waals surface area contributed by atoms with Gasteiger partial charge in [0.1, 0.15) is 23.3 Å². The van der Waals surface area contributed by atoms with E-state index in [0.29, 0.717) is 5.69 Å². The van der Waals surface area contributed by atoms with E-state index in [4.69, 9.17) is 16.3 Å². The summed E-state index contributed by atoms with van der Waals surface area (Å²) in [5.41, 5.74) is 0.00605. The number of aliphatic hydroxyl groups is 3. The molecule has 1 fully saturated rings. The van der Waals surface area contributed by atoms with Crippen molar-refractivity contribution in [3.8, 4) is 0 Å². The third-order valence-corrected chi connectivity index (χ3v) is 3.62. The lowest BCUT2D eigenvalue weighted by molar-refractivity contribution is -0.384. The van der Waals surface area contributed by atoms with Crippen molar-refractivity contribution in [2.45, 2.75) is 37.6 Å². The first-order chi connectivity index (χ1) is 9.81. The van der Waals surface area contributed by atoms with Crippen LogP contribution in [0.3, 0.4) is 0 Å². The van der Waals surface area contributed by atoms with E-state index in [-0.39, 0.29) is 10.7 Å². The molecular weight excluding hydrogens is 304 g/mol. The van der Waals surface area contributed by atoms with Gasteiger partial charge in [0.2, 0.25) is 0 Å². The molecule has 0 aromatic heterocycles. The topological polar surface area (TPSA) is 125 Å². The largest absolute Gasteiger partial charge is 0.388 e. The van der Waals surface area contributed by atoms with E-state index in [1.807, 2.05) is 0 Å². The highest BCUT2D eigenvalue weighted by Crippen LogP contribution is 2.29. The second-order valence-electron chi connectivity index (χ2n) is 4.80. The third kappa shape index (κ3) is 3.25. The van der Waals surface area contributed by atoms with Gasteiger partial charge in [0, 0.05) is 11.8 Å². The predicted molar refractivity (Wildman–Crippen MR) is 74.1 cm³/mol. The molecule has 8 nitrogen and oxygen atoms in total. The van der Waals surface area contributed by atoms with Crippen molar-refractivity contribution < 1.29 is 25.0 Å². The van der Waals surface area contributed by atoms with Crippen LogP contribution < -0.4 is 5.32 Å². The van der Waals surface area contributed by atoms with Crippen molar-refractivity contribution >= 4 is 23.0 Å². The van der Waals surface area contributed by atoms with E-state index >= 15 is 0 Å². The minimum Gasteiger partial charge on any atom is -0.388 e. The normalized spacial score (nSPS) is 32.7. The van der Waals surface area contributed by atoms with E-state index in [1.165, 1.54) is 18.2 Å². The minimum atomic E-state index is -1.38. The summed E-state index contributed by atoms with van der Waals surface area (Å²) in [6.45, 7) is 1.54. The Morgan fingerprint density at radius 3 is 2.57 bits per heavy atom. The van der Waals surface area contributed by atoms with Gasteiger partial charge in [0.15, 0.2) is 6.23 Å². The van der Waals surface area contributed by atoms with Crippen molar-refractivity contribution in [3.63, 3.8) is 0 Å². The third-order valence-electron chi connectivity index (χ3n) is 3.30. The van der Waals surface area contributed by atoms with E-state index in [0.717, 1.165) is 0 Å². The molecule has 0 aliphatic carbocycles. The number of hydrogen-bond donors (Lipinski definition) is 4. The Hall–Kier alpha value is -1.45. The lowest BCUT2D eigenvalue weighted by Gasteiger charge is -2.39. The van der Waals surface area contributed by atoms with Gasteiger partial charge in [-0.05, 0) is 19.1 Å². The van der Waals surface area contributed by atoms with Crippen LogP contribution in [-0.4, -0.2) is 50.9 Å². The number of rotatable bonds is 3. The van der Waals surface area contributed by atoms with Gasteiger partial charge in [-0.1, -0.05) is 11.6 Å². The van der Waals surface area contributed by atoms with Gasteiger partial charge < -0.3 is 25.4 Å². The van der Waals surface area contributed by atoms with Crippen LogP contribution in [0.25, 0.3) is 0 Å². The molecule has 0 spiro atoms. The van der Waals surface area contributed by atoms with Gasteiger partial charge in [-0.25, -0.2) is 0 Å². The van der Waals surface area contributed by atoms with Gasteiger partial charge in [-0.15, -0.1) is 0 Å². The van der Waals surface area contributed by atoms with Crippen LogP contribution in [0.2, 0.25) is 5.02 Å². The SMILES string of the molecule is C[C@H]1O[C@@H](Nc2ccc(Cl)c([N+](=O)[O-])c2)[C@@H](O)[C@@H](O)[C@@H]1O. The molecule has 21 heavy (non-hydrogen) atoms. The summed E-state index contributed by atoms with van der Waals surface area (Å²) in [4.78, 5) is 10.2. The molecule has 0 amide bonds. The quantitative estimate of drug-likeness (QED) is 0.472. The lowest BCUT2D eigenvalue weighted by atomic mass is 9.99. The first kappa shape index (κ1) is 15.9. The molecule has 1 heterocycles. The fourth-order valence-corrected chi connectivity index (χ4v) is 2.26. The maximum atomic E-state index is 10.8. The van der Waals surface area contributed by atoms with E-state index < -0.39 is 35.6 Å². The van der Waals surface area contributed by atoms with E-state index in [9.17, 15) is 25.4 Å². The van der Waals surface area contributed by atoms with E-state index in [1.54, 1.807) is 6.92 Å². The van der Waals surface area contributed by atoms with Crippen LogP contribution >= 0.6 is 11.6 Å². The molecule has 1 aliphatic heterocycles. The molecule has 0 radical (unpaired) electrons. The molecule has 4 N–H and O–H groups in total. The van der Waals surface area contributed by atoms with E-state index in [2.05, 4.69) is 5.32 Å². The van der Waals surface area contributed by atoms with Crippen molar-refractivity contribution in [2.75, 3.05) is 5.32 Å². The molecule has 0 bridgehead atoms. The number of nitrogens with zero attached hydrogens (tertiary/aromatic N) is 1. The molecule has 2 rings (SSSR count). The standard InChI is InChI=1S/C12H15ClN2O6/c1-5-9(16)10(17)11(18)12(21-5)14-6-2-3-7(13)8(4-6)15(19)20/h2-5,9-12,14,16-18H,1H3/t5-,9-,10+,11+,12-/m1/s1. The van der Waals surface area contributed by atoms with Gasteiger partial charge in [0.25, 0.3) is 5.69 Å². The Bertz CT molecular complexity index is 542. The molecular formula is C12H15ClN2O6. The highest BCUT2D eigenvalue weighted by atomic mass is 35.5. The summed E-state index contributed by atoms with van der Waals surface area (Å²) < 4.78 is 5.34. The van der Waals surface area contributed by atoms with Crippen molar-refractivity contribution in [3.05, 3.63) is 33.3 Å². The molecule has 1 aromatic rings. The van der Waals surface area contributed by atoms with Crippen LogP contribution in [0.4, 0.5) is 11.4 Å².